The van der Waals surface area contributed by atoms with Crippen LogP contribution in [0.5, 0.6) is 0 Å². The maximum absolute atomic E-state index is 12.5. The quantitative estimate of drug-likeness (QED) is 0.528. The van der Waals surface area contributed by atoms with Gasteiger partial charge in [-0.3, -0.25) is 9.20 Å². The van der Waals surface area contributed by atoms with Gasteiger partial charge in [0.05, 0.1) is 16.7 Å². The second kappa shape index (κ2) is 4.43. The molecule has 5 heteroatoms. The Kier molecular flexibility index (Phi) is 2.55. The van der Waals surface area contributed by atoms with Crippen molar-refractivity contribution in [1.82, 2.24) is 14.4 Å². The van der Waals surface area contributed by atoms with Gasteiger partial charge in [-0.1, -0.05) is 42.5 Å². The lowest BCUT2D eigenvalue weighted by atomic mass is 10.1. The number of para-hydroxylation sites is 2. The second-order valence-corrected chi connectivity index (χ2v) is 5.21. The van der Waals surface area contributed by atoms with Gasteiger partial charge < -0.3 is 9.97 Å². The number of rotatable bonds is 1. The van der Waals surface area contributed by atoms with Gasteiger partial charge in [-0.2, -0.15) is 0 Å². The van der Waals surface area contributed by atoms with Crippen molar-refractivity contribution in [2.24, 2.45) is 0 Å². The van der Waals surface area contributed by atoms with Crippen LogP contribution in [0.15, 0.2) is 59.4 Å². The molecule has 4 aromatic rings. The van der Waals surface area contributed by atoms with E-state index in [1.165, 1.54) is 0 Å². The van der Waals surface area contributed by atoms with Gasteiger partial charge in [-0.05, 0) is 24.4 Å². The van der Waals surface area contributed by atoms with Crippen LogP contribution in [0.3, 0.4) is 0 Å². The van der Waals surface area contributed by atoms with Gasteiger partial charge in [-0.25, -0.2) is 0 Å². The van der Waals surface area contributed by atoms with E-state index in [0.29, 0.717) is 10.3 Å². The van der Waals surface area contributed by atoms with E-state index >= 15 is 0 Å². The van der Waals surface area contributed by atoms with Crippen LogP contribution in [0, 0.1) is 4.77 Å². The fraction of sp³-hybridized carbons (Fsp3) is 0. The number of aromatic nitrogens is 3. The molecule has 0 fully saturated rings. The number of benzene rings is 2. The molecule has 0 aliphatic heterocycles. The Hall–Kier alpha value is -2.66. The fourth-order valence-corrected chi connectivity index (χ4v) is 2.94. The molecule has 102 valence electrons. The Morgan fingerprint density at radius 3 is 2.43 bits per heavy atom. The summed E-state index contributed by atoms with van der Waals surface area (Å²) < 4.78 is 2.32. The molecule has 2 aromatic heterocycles. The molecular formula is C16H11N3OS. The molecule has 0 bridgehead atoms. The summed E-state index contributed by atoms with van der Waals surface area (Å²) in [7, 11) is 0. The highest BCUT2D eigenvalue weighted by atomic mass is 32.1. The van der Waals surface area contributed by atoms with E-state index in [-0.39, 0.29) is 5.56 Å². The van der Waals surface area contributed by atoms with E-state index in [2.05, 4.69) is 9.97 Å². The Morgan fingerprint density at radius 2 is 1.62 bits per heavy atom. The third kappa shape index (κ3) is 1.75. The minimum atomic E-state index is -0.153. The molecule has 2 N–H and O–H groups in total. The van der Waals surface area contributed by atoms with Gasteiger partial charge >= 0.3 is 0 Å². The Morgan fingerprint density at radius 1 is 0.905 bits per heavy atom. The van der Waals surface area contributed by atoms with Crippen LogP contribution >= 0.6 is 12.2 Å². The first-order chi connectivity index (χ1) is 10.3. The number of H-pyrrole nitrogens is 2. The van der Waals surface area contributed by atoms with Gasteiger partial charge in [0.15, 0.2) is 4.77 Å². The zero-order chi connectivity index (χ0) is 14.4. The molecule has 0 saturated heterocycles. The van der Waals surface area contributed by atoms with Crippen LogP contribution in [0.2, 0.25) is 0 Å². The number of fused-ring (bicyclic) bond motifs is 3. The summed E-state index contributed by atoms with van der Waals surface area (Å²) in [6.45, 7) is 0. The van der Waals surface area contributed by atoms with Crippen molar-refractivity contribution in [3.63, 3.8) is 0 Å². The van der Waals surface area contributed by atoms with E-state index in [4.69, 9.17) is 12.2 Å². The molecular weight excluding hydrogens is 282 g/mol. The molecule has 0 atom stereocenters. The van der Waals surface area contributed by atoms with Gasteiger partial charge in [0.1, 0.15) is 5.52 Å². The van der Waals surface area contributed by atoms with Crippen LogP contribution in [-0.2, 0) is 0 Å². The van der Waals surface area contributed by atoms with Gasteiger partial charge in [0, 0.05) is 5.56 Å². The molecule has 21 heavy (non-hydrogen) atoms. The number of nitrogens with zero attached hydrogens (tertiary/aromatic N) is 1. The molecule has 0 aliphatic rings. The van der Waals surface area contributed by atoms with Crippen LogP contribution in [0.25, 0.3) is 27.8 Å². The Bertz CT molecular complexity index is 1070. The van der Waals surface area contributed by atoms with Gasteiger partial charge in [0.25, 0.3) is 5.56 Å². The maximum Gasteiger partial charge on any atom is 0.274 e. The topological polar surface area (TPSA) is 53.1 Å². The molecule has 2 heterocycles. The third-order valence-corrected chi connectivity index (χ3v) is 3.85. The molecule has 0 spiro atoms. The summed E-state index contributed by atoms with van der Waals surface area (Å²) in [4.78, 5) is 18.5. The molecule has 0 amide bonds. The SMILES string of the molecule is O=c1[nH]c2ccccc2n2c(=S)[nH]c(-c3ccccc3)c12. The van der Waals surface area contributed by atoms with E-state index in [9.17, 15) is 4.79 Å². The van der Waals surface area contributed by atoms with Crippen molar-refractivity contribution in [3.8, 4) is 11.3 Å². The van der Waals surface area contributed by atoms with E-state index in [1.54, 1.807) is 4.40 Å². The Labute approximate surface area is 124 Å². The summed E-state index contributed by atoms with van der Waals surface area (Å²) in [5, 5.41) is 0. The zero-order valence-corrected chi connectivity index (χ0v) is 11.8. The number of nitrogens with one attached hydrogen (secondary N) is 2. The van der Waals surface area contributed by atoms with Crippen molar-refractivity contribution >= 4 is 28.8 Å². The predicted molar refractivity (Wildman–Crippen MR) is 86.1 cm³/mol. The molecule has 4 nitrogen and oxygen atoms in total. The van der Waals surface area contributed by atoms with Crippen molar-refractivity contribution in [3.05, 3.63) is 69.7 Å². The summed E-state index contributed by atoms with van der Waals surface area (Å²) in [6, 6.07) is 17.3. The van der Waals surface area contributed by atoms with Crippen molar-refractivity contribution < 1.29 is 0 Å². The largest absolute Gasteiger partial charge is 0.330 e. The van der Waals surface area contributed by atoms with Crippen molar-refractivity contribution in [2.45, 2.75) is 0 Å². The number of hydrogen-bond donors (Lipinski definition) is 2. The number of imidazole rings is 1. The average Bonchev–Trinajstić information content (AvgIpc) is 2.87. The van der Waals surface area contributed by atoms with Crippen LogP contribution in [-0.4, -0.2) is 14.4 Å². The lowest BCUT2D eigenvalue weighted by molar-refractivity contribution is 1.14. The van der Waals surface area contributed by atoms with Crippen molar-refractivity contribution in [1.29, 1.82) is 0 Å². The summed E-state index contributed by atoms with van der Waals surface area (Å²) >= 11 is 5.42. The van der Waals surface area contributed by atoms with E-state index < -0.39 is 0 Å². The first-order valence-corrected chi connectivity index (χ1v) is 6.98. The molecule has 4 rings (SSSR count). The first kappa shape index (κ1) is 12.1. The third-order valence-electron chi connectivity index (χ3n) is 3.57. The van der Waals surface area contributed by atoms with Crippen LogP contribution in [0.4, 0.5) is 0 Å². The standard InChI is InChI=1S/C16H11N3OS/c20-15-14-13(10-6-2-1-3-7-10)18-16(21)19(14)12-9-5-4-8-11(12)17-15/h1-9H,(H,17,20)(H,18,21). The minimum absolute atomic E-state index is 0.153. The number of aromatic amines is 2. The lowest BCUT2D eigenvalue weighted by Gasteiger charge is -2.03. The van der Waals surface area contributed by atoms with Crippen LogP contribution in [0.1, 0.15) is 0 Å². The second-order valence-electron chi connectivity index (χ2n) is 4.83. The highest BCUT2D eigenvalue weighted by Gasteiger charge is 2.13. The Balaban J connectivity index is 2.25. The van der Waals surface area contributed by atoms with E-state index in [1.807, 2.05) is 54.6 Å². The summed E-state index contributed by atoms with van der Waals surface area (Å²) in [5.41, 5.74) is 3.73. The highest BCUT2D eigenvalue weighted by molar-refractivity contribution is 7.71. The zero-order valence-electron chi connectivity index (χ0n) is 11.0. The lowest BCUT2D eigenvalue weighted by Crippen LogP contribution is -2.10. The first-order valence-electron chi connectivity index (χ1n) is 6.57. The van der Waals surface area contributed by atoms with Crippen molar-refractivity contribution in [2.75, 3.05) is 0 Å². The minimum Gasteiger partial charge on any atom is -0.330 e. The predicted octanol–water partition coefficient (Wildman–Crippen LogP) is 3.51. The highest BCUT2D eigenvalue weighted by Crippen LogP contribution is 2.23. The molecule has 0 aliphatic carbocycles. The normalized spacial score (nSPS) is 11.2. The van der Waals surface area contributed by atoms with E-state index in [0.717, 1.165) is 22.3 Å². The van der Waals surface area contributed by atoms with Gasteiger partial charge in [-0.15, -0.1) is 0 Å². The van der Waals surface area contributed by atoms with Crippen LogP contribution < -0.4 is 5.56 Å². The summed E-state index contributed by atoms with van der Waals surface area (Å²) in [5.74, 6) is 0. The molecule has 0 saturated carbocycles. The average molecular weight is 293 g/mol. The number of hydrogen-bond acceptors (Lipinski definition) is 2. The molecule has 2 aromatic carbocycles. The monoisotopic (exact) mass is 293 g/mol. The smallest absolute Gasteiger partial charge is 0.274 e. The fourth-order valence-electron chi connectivity index (χ4n) is 2.65. The summed E-state index contributed by atoms with van der Waals surface area (Å²) in [6.07, 6.45) is 0. The molecule has 0 unspecified atom stereocenters. The maximum atomic E-state index is 12.5. The molecule has 0 radical (unpaired) electrons. The van der Waals surface area contributed by atoms with Gasteiger partial charge in [0.2, 0.25) is 0 Å².